The van der Waals surface area contributed by atoms with Crippen LogP contribution in [0, 0.1) is 6.92 Å². The number of aromatic nitrogens is 2. The van der Waals surface area contributed by atoms with Gasteiger partial charge in [-0.1, -0.05) is 0 Å². The van der Waals surface area contributed by atoms with Crippen LogP contribution >= 0.6 is 0 Å². The number of likely N-dealkylation sites (tertiary alicyclic amines) is 1. The molecule has 8 nitrogen and oxygen atoms in total. The third-order valence-electron chi connectivity index (χ3n) is 6.14. The molecule has 4 rings (SSSR count). The first-order chi connectivity index (χ1) is 13.5. The predicted octanol–water partition coefficient (Wildman–Crippen LogP) is 1.83. The second kappa shape index (κ2) is 7.56. The smallest absolute Gasteiger partial charge is 0.410 e. The van der Waals surface area contributed by atoms with Gasteiger partial charge in [-0.05, 0) is 44.6 Å². The number of fused-ring (bicyclic) bond motifs is 1. The Kier molecular flexibility index (Phi) is 5.12. The summed E-state index contributed by atoms with van der Waals surface area (Å²) in [5, 5.41) is 3.00. The molecule has 3 aliphatic rings. The van der Waals surface area contributed by atoms with E-state index >= 15 is 0 Å². The Morgan fingerprint density at radius 3 is 2.86 bits per heavy atom. The standard InChI is InChI=1S/C20H29N5O3/c1-14-15-5-3-6-16(15)23-17(22-14)7-10-21-18(26)25-11-4-8-20(9-12-25)13-24(2)19(27)28-20/h3-13H2,1-2H3,(H,21,26). The molecular formula is C20H29N5O3. The molecule has 0 saturated carbocycles. The number of nitrogens with one attached hydrogen (secondary N) is 1. The Morgan fingerprint density at radius 2 is 2.07 bits per heavy atom. The first-order valence-electron chi connectivity index (χ1n) is 10.3. The molecule has 8 heteroatoms. The highest BCUT2D eigenvalue weighted by atomic mass is 16.6. The van der Waals surface area contributed by atoms with E-state index < -0.39 is 5.60 Å². The maximum absolute atomic E-state index is 12.6. The van der Waals surface area contributed by atoms with E-state index in [1.54, 1.807) is 11.9 Å². The van der Waals surface area contributed by atoms with Gasteiger partial charge in [0.25, 0.3) is 0 Å². The molecule has 2 saturated heterocycles. The molecule has 152 valence electrons. The second-order valence-electron chi connectivity index (χ2n) is 8.23. The van der Waals surface area contributed by atoms with E-state index in [1.807, 2.05) is 11.8 Å². The lowest BCUT2D eigenvalue weighted by molar-refractivity contribution is 0.0453. The van der Waals surface area contributed by atoms with Crippen LogP contribution in [0.25, 0.3) is 0 Å². The van der Waals surface area contributed by atoms with E-state index in [-0.39, 0.29) is 12.1 Å². The van der Waals surface area contributed by atoms with Gasteiger partial charge in [0.15, 0.2) is 0 Å². The Labute approximate surface area is 165 Å². The number of urea groups is 1. The Bertz CT molecular complexity index is 783. The van der Waals surface area contributed by atoms with Crippen molar-refractivity contribution in [3.8, 4) is 0 Å². The molecule has 3 amide bonds. The molecule has 0 aromatic carbocycles. The lowest BCUT2D eigenvalue weighted by atomic mass is 9.95. The Morgan fingerprint density at radius 1 is 1.21 bits per heavy atom. The second-order valence-corrected chi connectivity index (χ2v) is 8.23. The van der Waals surface area contributed by atoms with Crippen LogP contribution in [-0.2, 0) is 24.0 Å². The van der Waals surface area contributed by atoms with Crippen molar-refractivity contribution in [1.82, 2.24) is 25.1 Å². The molecule has 28 heavy (non-hydrogen) atoms. The van der Waals surface area contributed by atoms with Crippen molar-refractivity contribution < 1.29 is 14.3 Å². The summed E-state index contributed by atoms with van der Waals surface area (Å²) < 4.78 is 5.61. The summed E-state index contributed by atoms with van der Waals surface area (Å²) in [4.78, 5) is 37.1. The number of aryl methyl sites for hydroxylation is 2. The summed E-state index contributed by atoms with van der Waals surface area (Å²) in [6.07, 6.45) is 5.97. The lowest BCUT2D eigenvalue weighted by Crippen LogP contribution is -2.42. The molecule has 1 aromatic heterocycles. The van der Waals surface area contributed by atoms with Crippen molar-refractivity contribution in [2.75, 3.05) is 33.2 Å². The van der Waals surface area contributed by atoms with Crippen LogP contribution in [0.15, 0.2) is 0 Å². The van der Waals surface area contributed by atoms with Crippen molar-refractivity contribution in [1.29, 1.82) is 0 Å². The minimum absolute atomic E-state index is 0.0624. The first-order valence-corrected chi connectivity index (χ1v) is 10.3. The van der Waals surface area contributed by atoms with E-state index in [2.05, 4.69) is 15.3 Å². The Balaban J connectivity index is 1.28. The van der Waals surface area contributed by atoms with Crippen LogP contribution in [0.1, 0.15) is 48.5 Å². The van der Waals surface area contributed by atoms with Crippen LogP contribution < -0.4 is 5.32 Å². The summed E-state index contributed by atoms with van der Waals surface area (Å²) in [5.41, 5.74) is 3.14. The molecule has 0 radical (unpaired) electrons. The van der Waals surface area contributed by atoms with Gasteiger partial charge in [-0.2, -0.15) is 0 Å². The molecule has 1 aliphatic carbocycles. The fraction of sp³-hybridized carbons (Fsp3) is 0.700. The van der Waals surface area contributed by atoms with Crippen LogP contribution in [0.5, 0.6) is 0 Å². The number of amides is 3. The number of hydrogen-bond acceptors (Lipinski definition) is 5. The number of carbonyl (C=O) groups is 2. The van der Waals surface area contributed by atoms with Crippen molar-refractivity contribution in [3.05, 3.63) is 22.8 Å². The van der Waals surface area contributed by atoms with Crippen molar-refractivity contribution in [2.24, 2.45) is 0 Å². The van der Waals surface area contributed by atoms with Gasteiger partial charge >= 0.3 is 12.1 Å². The summed E-state index contributed by atoms with van der Waals surface area (Å²) in [6.45, 7) is 4.46. The normalized spacial score (nSPS) is 24.3. The van der Waals surface area contributed by atoms with Gasteiger partial charge in [0.05, 0.1) is 6.54 Å². The van der Waals surface area contributed by atoms with Gasteiger partial charge in [-0.25, -0.2) is 19.6 Å². The van der Waals surface area contributed by atoms with Crippen molar-refractivity contribution in [3.63, 3.8) is 0 Å². The van der Waals surface area contributed by atoms with Crippen molar-refractivity contribution >= 4 is 12.1 Å². The molecule has 0 bridgehead atoms. The number of nitrogens with zero attached hydrogens (tertiary/aromatic N) is 4. The zero-order chi connectivity index (χ0) is 19.7. The minimum Gasteiger partial charge on any atom is -0.441 e. The van der Waals surface area contributed by atoms with Gasteiger partial charge in [0.1, 0.15) is 11.4 Å². The molecule has 1 N–H and O–H groups in total. The number of ether oxygens (including phenoxy) is 1. The fourth-order valence-corrected chi connectivity index (χ4v) is 4.61. The Hall–Kier alpha value is -2.38. The first kappa shape index (κ1) is 19.0. The molecule has 1 spiro atoms. The summed E-state index contributed by atoms with van der Waals surface area (Å²) >= 11 is 0. The highest BCUT2D eigenvalue weighted by Gasteiger charge is 2.44. The number of rotatable bonds is 3. The van der Waals surface area contributed by atoms with Gasteiger partial charge in [-0.15, -0.1) is 0 Å². The number of hydrogen-bond donors (Lipinski definition) is 1. The molecule has 3 heterocycles. The van der Waals surface area contributed by atoms with Gasteiger partial charge < -0.3 is 19.9 Å². The minimum atomic E-state index is -0.434. The van der Waals surface area contributed by atoms with Crippen LogP contribution in [0.2, 0.25) is 0 Å². The van der Waals surface area contributed by atoms with E-state index in [4.69, 9.17) is 4.74 Å². The molecule has 1 unspecified atom stereocenters. The molecule has 2 fully saturated rings. The van der Waals surface area contributed by atoms with E-state index in [1.165, 1.54) is 11.3 Å². The van der Waals surface area contributed by atoms with Gasteiger partial charge in [0, 0.05) is 50.9 Å². The zero-order valence-electron chi connectivity index (χ0n) is 16.8. The SMILES string of the molecule is Cc1nc(CCNC(=O)N2CCCC3(CC2)CN(C)C(=O)O3)nc2c1CCC2. The zero-order valence-corrected chi connectivity index (χ0v) is 16.8. The fourth-order valence-electron chi connectivity index (χ4n) is 4.61. The van der Waals surface area contributed by atoms with Gasteiger partial charge in [0.2, 0.25) is 0 Å². The monoisotopic (exact) mass is 387 g/mol. The molecular weight excluding hydrogens is 358 g/mol. The van der Waals surface area contributed by atoms with E-state index in [9.17, 15) is 9.59 Å². The van der Waals surface area contributed by atoms with Crippen LogP contribution in [-0.4, -0.2) is 70.7 Å². The number of likely N-dealkylation sites (N-methyl/N-ethyl adjacent to an activating group) is 1. The maximum Gasteiger partial charge on any atom is 0.410 e. The summed E-state index contributed by atoms with van der Waals surface area (Å²) in [7, 11) is 1.76. The molecule has 1 aromatic rings. The average molecular weight is 387 g/mol. The third kappa shape index (κ3) is 3.77. The highest BCUT2D eigenvalue weighted by Crippen LogP contribution is 2.32. The maximum atomic E-state index is 12.6. The lowest BCUT2D eigenvalue weighted by Gasteiger charge is -2.25. The van der Waals surface area contributed by atoms with Crippen LogP contribution in [0.4, 0.5) is 9.59 Å². The average Bonchev–Trinajstić information content (AvgIpc) is 3.16. The van der Waals surface area contributed by atoms with Crippen molar-refractivity contribution in [2.45, 2.75) is 57.5 Å². The predicted molar refractivity (Wildman–Crippen MR) is 103 cm³/mol. The summed E-state index contributed by atoms with van der Waals surface area (Å²) in [5.74, 6) is 0.814. The molecule has 2 aliphatic heterocycles. The highest BCUT2D eigenvalue weighted by molar-refractivity contribution is 5.74. The number of carbonyl (C=O) groups excluding carboxylic acids is 2. The van der Waals surface area contributed by atoms with E-state index in [0.29, 0.717) is 39.0 Å². The summed E-state index contributed by atoms with van der Waals surface area (Å²) in [6, 6.07) is -0.0624. The topological polar surface area (TPSA) is 87.7 Å². The quantitative estimate of drug-likeness (QED) is 0.855. The van der Waals surface area contributed by atoms with Crippen LogP contribution in [0.3, 0.4) is 0 Å². The largest absolute Gasteiger partial charge is 0.441 e. The van der Waals surface area contributed by atoms with E-state index in [0.717, 1.165) is 43.6 Å². The molecule has 1 atom stereocenters. The van der Waals surface area contributed by atoms with Gasteiger partial charge in [-0.3, -0.25) is 0 Å². The third-order valence-corrected chi connectivity index (χ3v) is 6.14.